The van der Waals surface area contributed by atoms with Crippen molar-refractivity contribution in [2.45, 2.75) is 44.6 Å². The molecule has 0 saturated carbocycles. The average Bonchev–Trinajstić information content (AvgIpc) is 3.33. The lowest BCUT2D eigenvalue weighted by atomic mass is 9.99. The Kier molecular flexibility index (Phi) is 9.34. The van der Waals surface area contributed by atoms with Crippen molar-refractivity contribution in [3.8, 4) is 17.2 Å². The molecule has 0 radical (unpaired) electrons. The van der Waals surface area contributed by atoms with E-state index in [0.29, 0.717) is 36.7 Å². The number of benzene rings is 3. The van der Waals surface area contributed by atoms with Gasteiger partial charge in [-0.2, -0.15) is 0 Å². The molecule has 0 aliphatic carbocycles. The van der Waals surface area contributed by atoms with Crippen LogP contribution in [0.3, 0.4) is 0 Å². The van der Waals surface area contributed by atoms with Gasteiger partial charge in [-0.3, -0.25) is 14.6 Å². The summed E-state index contributed by atoms with van der Waals surface area (Å²) in [5.41, 5.74) is 10.4. The number of unbranched alkanes of at least 4 members (excludes halogenated alkanes) is 1. The number of hydrogen-bond donors (Lipinski definition) is 6. The van der Waals surface area contributed by atoms with Gasteiger partial charge < -0.3 is 30.5 Å². The minimum Gasteiger partial charge on any atom is -0.504 e. The smallest absolute Gasteiger partial charge is 0.251 e. The Bertz CT molecular complexity index is 1520. The summed E-state index contributed by atoms with van der Waals surface area (Å²) in [5, 5.41) is 25.4. The maximum absolute atomic E-state index is 13.1. The van der Waals surface area contributed by atoms with Crippen LogP contribution in [-0.2, 0) is 4.79 Å². The molecule has 3 atom stereocenters. The Morgan fingerprint density at radius 1 is 0.977 bits per heavy atom. The van der Waals surface area contributed by atoms with Crippen molar-refractivity contribution in [1.82, 2.24) is 21.5 Å². The number of fused-ring (bicyclic) bond motifs is 3. The van der Waals surface area contributed by atoms with Gasteiger partial charge in [0.2, 0.25) is 5.91 Å². The maximum atomic E-state index is 13.1. The van der Waals surface area contributed by atoms with Crippen molar-refractivity contribution in [2.75, 3.05) is 25.1 Å². The number of aromatic hydroxyl groups is 2. The van der Waals surface area contributed by atoms with E-state index in [2.05, 4.69) is 33.3 Å². The number of anilines is 1. The number of phenols is 2. The molecule has 2 amide bonds. The SMILES string of the molecule is COc1ccc2c(c1)C(c1ccc(Cl)cc1)=NC(CC(=O)NCCCCNC(=O)c1ccc(O)c(O)c1)C1NNC(C)N21. The van der Waals surface area contributed by atoms with Gasteiger partial charge in [-0.15, -0.1) is 0 Å². The molecule has 0 bridgehead atoms. The van der Waals surface area contributed by atoms with Gasteiger partial charge >= 0.3 is 0 Å². The number of carbonyl (C=O) groups is 2. The molecule has 1 saturated heterocycles. The number of carbonyl (C=O) groups excluding carboxylic acids is 2. The monoisotopic (exact) mass is 606 g/mol. The number of phenolic OH excluding ortho intramolecular Hbond substituents is 2. The number of aliphatic imine (C=N–C) groups is 1. The average molecular weight is 607 g/mol. The quantitative estimate of drug-likeness (QED) is 0.152. The highest BCUT2D eigenvalue weighted by atomic mass is 35.5. The Morgan fingerprint density at radius 3 is 2.44 bits per heavy atom. The molecule has 3 unspecified atom stereocenters. The Hall–Kier alpha value is -4.32. The van der Waals surface area contributed by atoms with E-state index in [1.165, 1.54) is 18.2 Å². The summed E-state index contributed by atoms with van der Waals surface area (Å²) in [7, 11) is 1.63. The number of hydrogen-bond acceptors (Lipinski definition) is 9. The highest BCUT2D eigenvalue weighted by Gasteiger charge is 2.40. The predicted molar refractivity (Wildman–Crippen MR) is 165 cm³/mol. The highest BCUT2D eigenvalue weighted by Crippen LogP contribution is 2.36. The molecular formula is C31H35ClN6O5. The first-order valence-corrected chi connectivity index (χ1v) is 14.5. The van der Waals surface area contributed by atoms with Crippen LogP contribution < -0.4 is 31.1 Å². The van der Waals surface area contributed by atoms with Crippen molar-refractivity contribution < 1.29 is 24.5 Å². The summed E-state index contributed by atoms with van der Waals surface area (Å²) in [5.74, 6) is -0.401. The van der Waals surface area contributed by atoms with Crippen LogP contribution in [0.1, 0.15) is 47.7 Å². The van der Waals surface area contributed by atoms with Crippen LogP contribution in [0.5, 0.6) is 17.2 Å². The minimum absolute atomic E-state index is 0.0526. The summed E-state index contributed by atoms with van der Waals surface area (Å²) in [6, 6.07) is 16.9. The number of rotatable bonds is 10. The standard InChI is InChI=1S/C31H35ClN6O5/c1-18-36-37-30-24(17-28(41)33-13-3-4-14-34-31(42)20-7-12-26(39)27(40)15-20)35-29(19-5-8-21(32)9-6-19)23-16-22(43-2)10-11-25(23)38(18)30/h5-12,15-16,18,24,30,36-37,39-40H,3-4,13-14,17H2,1-2H3,(H,33,41)(H,34,42). The van der Waals surface area contributed by atoms with Crippen molar-refractivity contribution in [3.05, 3.63) is 82.4 Å². The topological polar surface area (TPSA) is 148 Å². The fourth-order valence-electron chi connectivity index (χ4n) is 5.29. The first-order chi connectivity index (χ1) is 20.7. The van der Waals surface area contributed by atoms with Crippen LogP contribution >= 0.6 is 11.6 Å². The lowest BCUT2D eigenvalue weighted by Crippen LogP contribution is -2.47. The minimum atomic E-state index is -0.414. The second-order valence-electron chi connectivity index (χ2n) is 10.5. The molecule has 2 aliphatic rings. The van der Waals surface area contributed by atoms with E-state index in [1.807, 2.05) is 42.5 Å². The van der Waals surface area contributed by atoms with Crippen molar-refractivity contribution in [1.29, 1.82) is 0 Å². The molecule has 5 rings (SSSR count). The normalized spacial score (nSPS) is 19.1. The van der Waals surface area contributed by atoms with E-state index in [4.69, 9.17) is 21.3 Å². The number of nitrogens with one attached hydrogen (secondary N) is 4. The molecule has 43 heavy (non-hydrogen) atoms. The number of halogens is 1. The van der Waals surface area contributed by atoms with Crippen molar-refractivity contribution in [2.24, 2.45) is 4.99 Å². The van der Waals surface area contributed by atoms with Gasteiger partial charge in [-0.25, -0.2) is 10.9 Å². The molecule has 226 valence electrons. The van der Waals surface area contributed by atoms with Crippen LogP contribution in [0.4, 0.5) is 5.69 Å². The number of amides is 2. The number of ether oxygens (including phenoxy) is 1. The lowest BCUT2D eigenvalue weighted by molar-refractivity contribution is -0.121. The molecule has 0 aromatic heterocycles. The zero-order chi connectivity index (χ0) is 30.5. The first kappa shape index (κ1) is 30.1. The summed E-state index contributed by atoms with van der Waals surface area (Å²) in [6.45, 7) is 2.90. The molecule has 2 aliphatic heterocycles. The van der Waals surface area contributed by atoms with Crippen LogP contribution in [-0.4, -0.2) is 66.3 Å². The molecule has 12 heteroatoms. The summed E-state index contributed by atoms with van der Waals surface area (Å²) < 4.78 is 5.54. The van der Waals surface area contributed by atoms with Gasteiger partial charge in [0.1, 0.15) is 11.9 Å². The van der Waals surface area contributed by atoms with Gasteiger partial charge in [-0.05, 0) is 68.3 Å². The molecule has 1 fully saturated rings. The van der Waals surface area contributed by atoms with E-state index >= 15 is 0 Å². The van der Waals surface area contributed by atoms with Gasteiger partial charge in [0, 0.05) is 40.5 Å². The third-order valence-electron chi connectivity index (χ3n) is 7.51. The second-order valence-corrected chi connectivity index (χ2v) is 10.9. The van der Waals surface area contributed by atoms with Gasteiger partial charge in [-0.1, -0.05) is 23.7 Å². The molecule has 11 nitrogen and oxygen atoms in total. The Labute approximate surface area is 254 Å². The Morgan fingerprint density at radius 2 is 1.72 bits per heavy atom. The molecule has 6 N–H and O–H groups in total. The molecule has 0 spiro atoms. The Balaban J connectivity index is 1.24. The number of hydrazine groups is 1. The number of methoxy groups -OCH3 is 1. The van der Waals surface area contributed by atoms with Crippen LogP contribution in [0, 0.1) is 0 Å². The third-order valence-corrected chi connectivity index (χ3v) is 7.77. The third kappa shape index (κ3) is 6.85. The highest BCUT2D eigenvalue weighted by molar-refractivity contribution is 6.30. The van der Waals surface area contributed by atoms with Crippen LogP contribution in [0.15, 0.2) is 65.7 Å². The van der Waals surface area contributed by atoms with E-state index < -0.39 is 6.04 Å². The number of nitrogens with zero attached hydrogens (tertiary/aromatic N) is 2. The van der Waals surface area contributed by atoms with Gasteiger partial charge in [0.05, 0.1) is 31.4 Å². The molecule has 3 aromatic rings. The van der Waals surface area contributed by atoms with Gasteiger partial charge in [0.15, 0.2) is 11.5 Å². The lowest BCUT2D eigenvalue weighted by Gasteiger charge is -2.31. The van der Waals surface area contributed by atoms with E-state index in [0.717, 1.165) is 22.5 Å². The van der Waals surface area contributed by atoms with E-state index in [-0.39, 0.29) is 47.6 Å². The van der Waals surface area contributed by atoms with Gasteiger partial charge in [0.25, 0.3) is 5.91 Å². The fraction of sp³-hybridized carbons (Fsp3) is 0.323. The zero-order valence-electron chi connectivity index (χ0n) is 23.9. The zero-order valence-corrected chi connectivity index (χ0v) is 24.7. The largest absolute Gasteiger partial charge is 0.504 e. The summed E-state index contributed by atoms with van der Waals surface area (Å²) in [4.78, 5) is 32.8. The first-order valence-electron chi connectivity index (χ1n) is 14.1. The molecule has 2 heterocycles. The molecular weight excluding hydrogens is 572 g/mol. The van der Waals surface area contributed by atoms with Crippen molar-refractivity contribution >= 4 is 34.8 Å². The van der Waals surface area contributed by atoms with E-state index in [1.54, 1.807) is 7.11 Å². The predicted octanol–water partition coefficient (Wildman–Crippen LogP) is 3.28. The van der Waals surface area contributed by atoms with Crippen molar-refractivity contribution in [3.63, 3.8) is 0 Å². The van der Waals surface area contributed by atoms with E-state index in [9.17, 15) is 19.8 Å². The van der Waals surface area contributed by atoms with Crippen LogP contribution in [0.2, 0.25) is 5.02 Å². The maximum Gasteiger partial charge on any atom is 0.251 e. The fourth-order valence-corrected chi connectivity index (χ4v) is 5.42. The molecule has 3 aromatic carbocycles. The van der Waals surface area contributed by atoms with Crippen LogP contribution in [0.25, 0.3) is 0 Å². The summed E-state index contributed by atoms with van der Waals surface area (Å²) in [6.07, 6.45) is 1.14. The second kappa shape index (κ2) is 13.3. The summed E-state index contributed by atoms with van der Waals surface area (Å²) >= 11 is 6.18.